The van der Waals surface area contributed by atoms with Crippen LogP contribution < -0.4 is 11.5 Å². The first-order chi connectivity index (χ1) is 6.69. The molecule has 0 spiro atoms. The molecule has 0 aliphatic rings. The second kappa shape index (κ2) is 4.83. The van der Waals surface area contributed by atoms with Gasteiger partial charge < -0.3 is 21.7 Å². The first kappa shape index (κ1) is 10.8. The molecule has 0 aromatic heterocycles. The van der Waals surface area contributed by atoms with Crippen LogP contribution in [0.4, 0.5) is 11.4 Å². The average Bonchev–Trinajstić information content (AvgIpc) is 2.14. The SMILES string of the molecule is Nc1cc(N)c(CCO)cc1CCO. The summed E-state index contributed by atoms with van der Waals surface area (Å²) in [4.78, 5) is 0. The molecule has 1 aromatic rings. The fourth-order valence-electron chi connectivity index (χ4n) is 1.40. The van der Waals surface area contributed by atoms with Gasteiger partial charge in [0.15, 0.2) is 0 Å². The van der Waals surface area contributed by atoms with Crippen LogP contribution in [0.2, 0.25) is 0 Å². The van der Waals surface area contributed by atoms with Gasteiger partial charge in [0.25, 0.3) is 0 Å². The van der Waals surface area contributed by atoms with E-state index in [1.54, 1.807) is 6.07 Å². The minimum atomic E-state index is 0.0622. The number of nitrogen functional groups attached to an aromatic ring is 2. The highest BCUT2D eigenvalue weighted by molar-refractivity contribution is 5.61. The molecule has 1 rings (SSSR count). The number of nitrogens with two attached hydrogens (primary N) is 2. The quantitative estimate of drug-likeness (QED) is 0.507. The van der Waals surface area contributed by atoms with Crippen molar-refractivity contribution in [2.45, 2.75) is 12.8 Å². The van der Waals surface area contributed by atoms with E-state index in [0.29, 0.717) is 24.2 Å². The molecule has 0 bridgehead atoms. The summed E-state index contributed by atoms with van der Waals surface area (Å²) in [5.41, 5.74) is 14.4. The number of hydrogen-bond donors (Lipinski definition) is 4. The van der Waals surface area contributed by atoms with Gasteiger partial charge in [-0.05, 0) is 30.0 Å². The molecule has 0 amide bonds. The number of aliphatic hydroxyl groups excluding tert-OH is 2. The van der Waals surface area contributed by atoms with Crippen LogP contribution in [-0.4, -0.2) is 23.4 Å². The van der Waals surface area contributed by atoms with Crippen molar-refractivity contribution in [1.29, 1.82) is 0 Å². The second-order valence-electron chi connectivity index (χ2n) is 3.20. The van der Waals surface area contributed by atoms with E-state index in [2.05, 4.69) is 0 Å². The van der Waals surface area contributed by atoms with Crippen LogP contribution in [0.15, 0.2) is 12.1 Å². The van der Waals surface area contributed by atoms with Gasteiger partial charge in [-0.1, -0.05) is 6.07 Å². The lowest BCUT2D eigenvalue weighted by Gasteiger charge is -2.10. The molecular formula is C10H16N2O2. The van der Waals surface area contributed by atoms with Crippen molar-refractivity contribution in [3.8, 4) is 0 Å². The number of rotatable bonds is 4. The highest BCUT2D eigenvalue weighted by Crippen LogP contribution is 2.21. The van der Waals surface area contributed by atoms with Gasteiger partial charge in [-0.3, -0.25) is 0 Å². The van der Waals surface area contributed by atoms with Gasteiger partial charge in [-0.15, -0.1) is 0 Å². The van der Waals surface area contributed by atoms with Crippen molar-refractivity contribution in [1.82, 2.24) is 0 Å². The molecule has 4 nitrogen and oxygen atoms in total. The maximum Gasteiger partial charge on any atom is 0.0472 e. The third-order valence-electron chi connectivity index (χ3n) is 2.16. The molecule has 0 aliphatic heterocycles. The average molecular weight is 196 g/mol. The Kier molecular flexibility index (Phi) is 3.73. The smallest absolute Gasteiger partial charge is 0.0472 e. The molecule has 0 unspecified atom stereocenters. The molecule has 4 heteroatoms. The number of anilines is 2. The third kappa shape index (κ3) is 2.37. The predicted octanol–water partition coefficient (Wildman–Crippen LogP) is -0.0794. The monoisotopic (exact) mass is 196 g/mol. The van der Waals surface area contributed by atoms with Crippen molar-refractivity contribution < 1.29 is 10.2 Å². The van der Waals surface area contributed by atoms with Crippen LogP contribution in [0, 0.1) is 0 Å². The standard InChI is InChI=1S/C10H16N2O2/c11-9-6-10(12)8(2-4-14)5-7(9)1-3-13/h5-6,13-14H,1-4,11-12H2. The second-order valence-corrected chi connectivity index (χ2v) is 3.20. The summed E-state index contributed by atoms with van der Waals surface area (Å²) >= 11 is 0. The summed E-state index contributed by atoms with van der Waals surface area (Å²) in [6, 6.07) is 3.52. The Morgan fingerprint density at radius 3 is 1.64 bits per heavy atom. The molecule has 0 heterocycles. The van der Waals surface area contributed by atoms with Crippen LogP contribution in [0.5, 0.6) is 0 Å². The van der Waals surface area contributed by atoms with E-state index in [-0.39, 0.29) is 13.2 Å². The minimum absolute atomic E-state index is 0.0622. The Labute approximate surface area is 83.2 Å². The van der Waals surface area contributed by atoms with Crippen LogP contribution in [0.25, 0.3) is 0 Å². The Hall–Kier alpha value is -1.26. The molecule has 0 atom stereocenters. The lowest BCUT2D eigenvalue weighted by molar-refractivity contribution is 0.298. The highest BCUT2D eigenvalue weighted by atomic mass is 16.3. The van der Waals surface area contributed by atoms with Crippen molar-refractivity contribution in [2.75, 3.05) is 24.7 Å². The van der Waals surface area contributed by atoms with Crippen molar-refractivity contribution in [3.63, 3.8) is 0 Å². The van der Waals surface area contributed by atoms with E-state index in [1.807, 2.05) is 6.07 Å². The predicted molar refractivity (Wildman–Crippen MR) is 56.8 cm³/mol. The zero-order valence-corrected chi connectivity index (χ0v) is 8.03. The van der Waals surface area contributed by atoms with Gasteiger partial charge in [0.1, 0.15) is 0 Å². The van der Waals surface area contributed by atoms with E-state index < -0.39 is 0 Å². The van der Waals surface area contributed by atoms with Gasteiger partial charge in [-0.25, -0.2) is 0 Å². The molecule has 0 saturated heterocycles. The number of hydrogen-bond acceptors (Lipinski definition) is 4. The van der Waals surface area contributed by atoms with Gasteiger partial charge in [0.2, 0.25) is 0 Å². The molecule has 6 N–H and O–H groups in total. The minimum Gasteiger partial charge on any atom is -0.398 e. The lowest BCUT2D eigenvalue weighted by atomic mass is 10.0. The van der Waals surface area contributed by atoms with Gasteiger partial charge in [-0.2, -0.15) is 0 Å². The van der Waals surface area contributed by atoms with Crippen LogP contribution in [-0.2, 0) is 12.8 Å². The lowest BCUT2D eigenvalue weighted by Crippen LogP contribution is -2.04. The summed E-state index contributed by atoms with van der Waals surface area (Å²) in [6.45, 7) is 0.124. The molecule has 1 aromatic carbocycles. The third-order valence-corrected chi connectivity index (χ3v) is 2.16. The van der Waals surface area contributed by atoms with Gasteiger partial charge >= 0.3 is 0 Å². The molecule has 0 radical (unpaired) electrons. The molecule has 0 saturated carbocycles. The van der Waals surface area contributed by atoms with Crippen molar-refractivity contribution in [2.24, 2.45) is 0 Å². The topological polar surface area (TPSA) is 92.5 Å². The number of aliphatic hydroxyl groups is 2. The zero-order chi connectivity index (χ0) is 10.6. The molecular weight excluding hydrogens is 180 g/mol. The number of benzene rings is 1. The maximum atomic E-state index is 8.80. The van der Waals surface area contributed by atoms with E-state index in [4.69, 9.17) is 21.7 Å². The van der Waals surface area contributed by atoms with Crippen LogP contribution in [0.1, 0.15) is 11.1 Å². The van der Waals surface area contributed by atoms with E-state index in [9.17, 15) is 0 Å². The fourth-order valence-corrected chi connectivity index (χ4v) is 1.40. The van der Waals surface area contributed by atoms with Crippen LogP contribution >= 0.6 is 0 Å². The Morgan fingerprint density at radius 2 is 1.29 bits per heavy atom. The van der Waals surface area contributed by atoms with Crippen LogP contribution in [0.3, 0.4) is 0 Å². The van der Waals surface area contributed by atoms with Crippen molar-refractivity contribution in [3.05, 3.63) is 23.3 Å². The van der Waals surface area contributed by atoms with Crippen molar-refractivity contribution >= 4 is 11.4 Å². The highest BCUT2D eigenvalue weighted by Gasteiger charge is 2.05. The maximum absolute atomic E-state index is 8.80. The molecule has 0 fully saturated rings. The molecule has 14 heavy (non-hydrogen) atoms. The fraction of sp³-hybridized carbons (Fsp3) is 0.400. The summed E-state index contributed by atoms with van der Waals surface area (Å²) in [5, 5.41) is 17.6. The normalized spacial score (nSPS) is 10.4. The zero-order valence-electron chi connectivity index (χ0n) is 8.03. The summed E-state index contributed by atoms with van der Waals surface area (Å²) in [6.07, 6.45) is 1.04. The molecule has 0 aliphatic carbocycles. The summed E-state index contributed by atoms with van der Waals surface area (Å²) in [7, 11) is 0. The Balaban J connectivity index is 3.00. The Morgan fingerprint density at radius 1 is 0.857 bits per heavy atom. The summed E-state index contributed by atoms with van der Waals surface area (Å²) < 4.78 is 0. The Bertz CT molecular complexity index is 286. The van der Waals surface area contributed by atoms with E-state index in [0.717, 1.165) is 11.1 Å². The van der Waals surface area contributed by atoms with E-state index >= 15 is 0 Å². The van der Waals surface area contributed by atoms with E-state index in [1.165, 1.54) is 0 Å². The first-order valence-corrected chi connectivity index (χ1v) is 4.57. The van der Waals surface area contributed by atoms with Gasteiger partial charge in [0, 0.05) is 24.6 Å². The van der Waals surface area contributed by atoms with Gasteiger partial charge in [0.05, 0.1) is 0 Å². The summed E-state index contributed by atoms with van der Waals surface area (Å²) in [5.74, 6) is 0. The first-order valence-electron chi connectivity index (χ1n) is 4.57. The largest absolute Gasteiger partial charge is 0.398 e. The molecule has 78 valence electrons.